The van der Waals surface area contributed by atoms with Crippen LogP contribution in [0.25, 0.3) is 0 Å². The monoisotopic (exact) mass is 287 g/mol. The van der Waals surface area contributed by atoms with Crippen molar-refractivity contribution in [1.29, 1.82) is 0 Å². The molecule has 3 nitrogen and oxygen atoms in total. The van der Waals surface area contributed by atoms with Crippen molar-refractivity contribution in [3.63, 3.8) is 0 Å². The van der Waals surface area contributed by atoms with Gasteiger partial charge in [-0.1, -0.05) is 25.5 Å². The highest BCUT2D eigenvalue weighted by Crippen LogP contribution is 2.34. The van der Waals surface area contributed by atoms with Crippen molar-refractivity contribution in [1.82, 2.24) is 4.90 Å². The molecule has 0 amide bonds. The second-order valence-corrected chi connectivity index (χ2v) is 6.65. The third-order valence-electron chi connectivity index (χ3n) is 5.23. The molecule has 1 fully saturated rings. The standard InChI is InChI=1S/C18H29N3/c1-3-21-12-5-4-8-16(19)18(21)15-9-10-17-14(13-15)7-6-11-20(17)2/h9-10,13,16,18H,3-8,11-12,19H2,1-2H3. The van der Waals surface area contributed by atoms with E-state index in [1.54, 1.807) is 0 Å². The van der Waals surface area contributed by atoms with E-state index in [-0.39, 0.29) is 6.04 Å². The van der Waals surface area contributed by atoms with E-state index in [4.69, 9.17) is 5.73 Å². The van der Waals surface area contributed by atoms with Gasteiger partial charge in [-0.15, -0.1) is 0 Å². The van der Waals surface area contributed by atoms with E-state index in [1.165, 1.54) is 55.6 Å². The lowest BCUT2D eigenvalue weighted by Crippen LogP contribution is -2.39. The first kappa shape index (κ1) is 14.9. The fourth-order valence-corrected chi connectivity index (χ4v) is 4.06. The number of likely N-dealkylation sites (N-methyl/N-ethyl adjacent to an activating group) is 1. The highest BCUT2D eigenvalue weighted by atomic mass is 15.2. The van der Waals surface area contributed by atoms with E-state index in [0.717, 1.165) is 13.0 Å². The Morgan fingerprint density at radius 2 is 2.05 bits per heavy atom. The second-order valence-electron chi connectivity index (χ2n) is 6.65. The Bertz CT molecular complexity index is 485. The number of anilines is 1. The Labute approximate surface area is 129 Å². The maximum Gasteiger partial charge on any atom is 0.0499 e. The SMILES string of the molecule is CCN1CCCCC(N)C1c1ccc2c(c1)CCCN2C. The molecule has 0 radical (unpaired) electrons. The average Bonchev–Trinajstić information content (AvgIpc) is 2.68. The van der Waals surface area contributed by atoms with E-state index in [9.17, 15) is 0 Å². The number of nitrogens with two attached hydrogens (primary N) is 1. The molecule has 2 unspecified atom stereocenters. The van der Waals surface area contributed by atoms with Crippen molar-refractivity contribution in [2.24, 2.45) is 5.73 Å². The van der Waals surface area contributed by atoms with Gasteiger partial charge in [-0.2, -0.15) is 0 Å². The zero-order valence-corrected chi connectivity index (χ0v) is 13.5. The van der Waals surface area contributed by atoms with Gasteiger partial charge in [0, 0.05) is 31.4 Å². The van der Waals surface area contributed by atoms with Crippen molar-refractivity contribution in [2.45, 2.75) is 51.1 Å². The van der Waals surface area contributed by atoms with Crippen molar-refractivity contribution in [3.05, 3.63) is 29.3 Å². The second kappa shape index (κ2) is 6.37. The molecular weight excluding hydrogens is 258 g/mol. The molecule has 1 aromatic rings. The molecule has 1 saturated heterocycles. The average molecular weight is 287 g/mol. The van der Waals surface area contributed by atoms with E-state index in [2.05, 4.69) is 42.0 Å². The highest BCUT2D eigenvalue weighted by molar-refractivity contribution is 5.56. The Hall–Kier alpha value is -1.06. The summed E-state index contributed by atoms with van der Waals surface area (Å²) in [6.45, 7) is 5.72. The molecule has 2 atom stereocenters. The van der Waals surface area contributed by atoms with Crippen LogP contribution >= 0.6 is 0 Å². The highest BCUT2D eigenvalue weighted by Gasteiger charge is 2.28. The number of rotatable bonds is 2. The first-order valence-corrected chi connectivity index (χ1v) is 8.54. The molecule has 116 valence electrons. The van der Waals surface area contributed by atoms with Gasteiger partial charge in [0.05, 0.1) is 0 Å². The largest absolute Gasteiger partial charge is 0.374 e. The van der Waals surface area contributed by atoms with Crippen LogP contribution in [0.2, 0.25) is 0 Å². The summed E-state index contributed by atoms with van der Waals surface area (Å²) in [6.07, 6.45) is 6.18. The predicted molar refractivity (Wildman–Crippen MR) is 89.8 cm³/mol. The van der Waals surface area contributed by atoms with Gasteiger partial charge in [0.1, 0.15) is 0 Å². The molecule has 0 saturated carbocycles. The fourth-order valence-electron chi connectivity index (χ4n) is 4.06. The molecule has 2 aliphatic heterocycles. The maximum absolute atomic E-state index is 6.53. The van der Waals surface area contributed by atoms with E-state index in [0.29, 0.717) is 6.04 Å². The van der Waals surface area contributed by atoms with Crippen LogP contribution < -0.4 is 10.6 Å². The molecule has 0 spiro atoms. The zero-order valence-electron chi connectivity index (χ0n) is 13.5. The molecule has 2 aliphatic rings. The summed E-state index contributed by atoms with van der Waals surface area (Å²) in [6, 6.07) is 7.74. The molecule has 0 bridgehead atoms. The first-order chi connectivity index (χ1) is 10.2. The lowest BCUT2D eigenvalue weighted by molar-refractivity contribution is 0.195. The van der Waals surface area contributed by atoms with Crippen LogP contribution in [0.1, 0.15) is 49.8 Å². The minimum absolute atomic E-state index is 0.270. The number of fused-ring (bicyclic) bond motifs is 1. The van der Waals surface area contributed by atoms with Gasteiger partial charge >= 0.3 is 0 Å². The molecule has 3 rings (SSSR count). The maximum atomic E-state index is 6.53. The van der Waals surface area contributed by atoms with E-state index >= 15 is 0 Å². The van der Waals surface area contributed by atoms with Gasteiger partial charge in [0.25, 0.3) is 0 Å². The summed E-state index contributed by atoms with van der Waals surface area (Å²) in [5, 5.41) is 0. The van der Waals surface area contributed by atoms with E-state index < -0.39 is 0 Å². The molecule has 2 N–H and O–H groups in total. The minimum Gasteiger partial charge on any atom is -0.374 e. The van der Waals surface area contributed by atoms with Crippen LogP contribution in [-0.2, 0) is 6.42 Å². The van der Waals surface area contributed by atoms with E-state index in [1.807, 2.05) is 0 Å². The van der Waals surface area contributed by atoms with Crippen molar-refractivity contribution < 1.29 is 0 Å². The molecule has 1 aromatic carbocycles. The summed E-state index contributed by atoms with van der Waals surface area (Å²) in [5.74, 6) is 0. The summed E-state index contributed by atoms with van der Waals surface area (Å²) in [5.41, 5.74) is 10.9. The van der Waals surface area contributed by atoms with Gasteiger partial charge in [0.2, 0.25) is 0 Å². The number of nitrogens with zero attached hydrogens (tertiary/aromatic N) is 2. The quantitative estimate of drug-likeness (QED) is 0.908. The zero-order chi connectivity index (χ0) is 14.8. The third kappa shape index (κ3) is 2.95. The third-order valence-corrected chi connectivity index (χ3v) is 5.23. The number of likely N-dealkylation sites (tertiary alicyclic amines) is 1. The van der Waals surface area contributed by atoms with Crippen LogP contribution in [0.4, 0.5) is 5.69 Å². The summed E-state index contributed by atoms with van der Waals surface area (Å²) < 4.78 is 0. The van der Waals surface area contributed by atoms with Crippen molar-refractivity contribution in [2.75, 3.05) is 31.6 Å². The molecule has 0 aromatic heterocycles. The van der Waals surface area contributed by atoms with Crippen molar-refractivity contribution >= 4 is 5.69 Å². The topological polar surface area (TPSA) is 32.5 Å². The fraction of sp³-hybridized carbons (Fsp3) is 0.667. The number of aryl methyl sites for hydroxylation is 1. The Kier molecular flexibility index (Phi) is 4.51. The lowest BCUT2D eigenvalue weighted by atomic mass is 9.92. The Balaban J connectivity index is 1.93. The minimum atomic E-state index is 0.270. The Morgan fingerprint density at radius 3 is 2.86 bits per heavy atom. The van der Waals surface area contributed by atoms with Gasteiger partial charge in [-0.3, -0.25) is 4.90 Å². The van der Waals surface area contributed by atoms with Crippen LogP contribution in [-0.4, -0.2) is 37.6 Å². The molecule has 21 heavy (non-hydrogen) atoms. The van der Waals surface area contributed by atoms with Gasteiger partial charge in [-0.25, -0.2) is 0 Å². The number of hydrogen-bond donors (Lipinski definition) is 1. The molecule has 2 heterocycles. The predicted octanol–water partition coefficient (Wildman–Crippen LogP) is 2.94. The van der Waals surface area contributed by atoms with Crippen molar-refractivity contribution in [3.8, 4) is 0 Å². The van der Waals surface area contributed by atoms with Crippen LogP contribution in [0.5, 0.6) is 0 Å². The summed E-state index contributed by atoms with van der Waals surface area (Å²) in [7, 11) is 2.20. The Morgan fingerprint density at radius 1 is 1.19 bits per heavy atom. The normalized spacial score (nSPS) is 27.3. The van der Waals surface area contributed by atoms with Gasteiger partial charge < -0.3 is 10.6 Å². The first-order valence-electron chi connectivity index (χ1n) is 8.54. The smallest absolute Gasteiger partial charge is 0.0499 e. The van der Waals surface area contributed by atoms with Crippen LogP contribution in [0.3, 0.4) is 0 Å². The number of benzene rings is 1. The number of hydrogen-bond acceptors (Lipinski definition) is 3. The lowest BCUT2D eigenvalue weighted by Gasteiger charge is -2.34. The molecular formula is C18H29N3. The van der Waals surface area contributed by atoms with Gasteiger partial charge in [-0.05, 0) is 56.0 Å². The summed E-state index contributed by atoms with van der Waals surface area (Å²) in [4.78, 5) is 4.96. The molecule has 0 aliphatic carbocycles. The summed E-state index contributed by atoms with van der Waals surface area (Å²) >= 11 is 0. The molecule has 3 heteroatoms. The van der Waals surface area contributed by atoms with Gasteiger partial charge in [0.15, 0.2) is 0 Å². The van der Waals surface area contributed by atoms with Crippen LogP contribution in [0, 0.1) is 0 Å². The van der Waals surface area contributed by atoms with Crippen LogP contribution in [0.15, 0.2) is 18.2 Å².